The fraction of sp³-hybridized carbons (Fsp3) is 0.130. The first kappa shape index (κ1) is 19.0. The summed E-state index contributed by atoms with van der Waals surface area (Å²) >= 11 is 0. The monoisotopic (exact) mass is 371 g/mol. The number of amides is 1. The van der Waals surface area contributed by atoms with Gasteiger partial charge < -0.3 is 15.4 Å². The highest BCUT2D eigenvalue weighted by Crippen LogP contribution is 2.18. The Bertz CT molecular complexity index is 963. The number of anilines is 2. The molecule has 2 N–H and O–H groups in total. The summed E-state index contributed by atoms with van der Waals surface area (Å²) in [6.07, 6.45) is 0. The van der Waals surface area contributed by atoms with Crippen molar-refractivity contribution >= 4 is 17.3 Å². The van der Waals surface area contributed by atoms with Gasteiger partial charge in [-0.05, 0) is 55.0 Å². The van der Waals surface area contributed by atoms with Gasteiger partial charge in [-0.25, -0.2) is 0 Å². The predicted octanol–water partition coefficient (Wildman–Crippen LogP) is 4.58. The summed E-state index contributed by atoms with van der Waals surface area (Å²) in [5.74, 6) is 0.583. The van der Waals surface area contributed by atoms with Gasteiger partial charge in [0.2, 0.25) is 5.91 Å². The number of benzene rings is 3. The van der Waals surface area contributed by atoms with Gasteiger partial charge in [-0.3, -0.25) is 4.79 Å². The highest BCUT2D eigenvalue weighted by Gasteiger charge is 2.13. The molecule has 3 aromatic rings. The van der Waals surface area contributed by atoms with E-state index in [1.54, 1.807) is 31.2 Å². The zero-order chi connectivity index (χ0) is 19.8. The topological polar surface area (TPSA) is 74.2 Å². The lowest BCUT2D eigenvalue weighted by Crippen LogP contribution is -2.31. The number of hydrogen-bond donors (Lipinski definition) is 2. The van der Waals surface area contributed by atoms with Crippen molar-refractivity contribution in [2.24, 2.45) is 0 Å². The van der Waals surface area contributed by atoms with Crippen molar-refractivity contribution in [3.05, 3.63) is 90.0 Å². The number of rotatable bonds is 7. The second-order valence-electron chi connectivity index (χ2n) is 6.35. The first-order chi connectivity index (χ1) is 13.6. The van der Waals surface area contributed by atoms with E-state index in [0.717, 1.165) is 17.0 Å². The van der Waals surface area contributed by atoms with E-state index in [1.165, 1.54) is 0 Å². The Labute approximate surface area is 164 Å². The largest absolute Gasteiger partial charge is 0.489 e. The lowest BCUT2D eigenvalue weighted by atomic mass is 10.2. The lowest BCUT2D eigenvalue weighted by molar-refractivity contribution is -0.116. The second kappa shape index (κ2) is 9.24. The molecule has 1 unspecified atom stereocenters. The standard InChI is InChI=1S/C23H21N3O2/c1-17(23(27)26-21-9-5-8-19(14-21)15-24)25-20-10-12-22(13-11-20)28-16-18-6-3-2-4-7-18/h2-14,17,25H,16H2,1H3,(H,26,27). The van der Waals surface area contributed by atoms with Crippen LogP contribution in [-0.2, 0) is 11.4 Å². The van der Waals surface area contributed by atoms with Gasteiger partial charge in [0, 0.05) is 11.4 Å². The number of carbonyl (C=O) groups excluding carboxylic acids is 1. The maximum Gasteiger partial charge on any atom is 0.246 e. The van der Waals surface area contributed by atoms with Gasteiger partial charge in [0.15, 0.2) is 0 Å². The molecule has 1 atom stereocenters. The minimum absolute atomic E-state index is 0.181. The van der Waals surface area contributed by atoms with Crippen molar-refractivity contribution in [2.45, 2.75) is 19.6 Å². The first-order valence-corrected chi connectivity index (χ1v) is 8.98. The van der Waals surface area contributed by atoms with Crippen LogP contribution < -0.4 is 15.4 Å². The Morgan fingerprint density at radius 1 is 1.00 bits per heavy atom. The van der Waals surface area contributed by atoms with Gasteiger partial charge >= 0.3 is 0 Å². The summed E-state index contributed by atoms with van der Waals surface area (Å²) in [6, 6.07) is 25.9. The molecule has 140 valence electrons. The van der Waals surface area contributed by atoms with E-state index in [2.05, 4.69) is 16.7 Å². The smallest absolute Gasteiger partial charge is 0.246 e. The van der Waals surface area contributed by atoms with Gasteiger partial charge in [-0.2, -0.15) is 5.26 Å². The molecule has 0 aromatic heterocycles. The predicted molar refractivity (Wildman–Crippen MR) is 110 cm³/mol. The van der Waals surface area contributed by atoms with Crippen LogP contribution in [-0.4, -0.2) is 11.9 Å². The molecule has 5 heteroatoms. The number of nitrogens with one attached hydrogen (secondary N) is 2. The van der Waals surface area contributed by atoms with Gasteiger partial charge in [-0.1, -0.05) is 36.4 Å². The molecular weight excluding hydrogens is 350 g/mol. The van der Waals surface area contributed by atoms with Crippen molar-refractivity contribution in [1.29, 1.82) is 5.26 Å². The van der Waals surface area contributed by atoms with Crippen molar-refractivity contribution in [3.8, 4) is 11.8 Å². The van der Waals surface area contributed by atoms with Crippen LogP contribution in [0.15, 0.2) is 78.9 Å². The number of nitrogens with zero attached hydrogens (tertiary/aromatic N) is 1. The van der Waals surface area contributed by atoms with E-state index in [9.17, 15) is 4.79 Å². The zero-order valence-corrected chi connectivity index (χ0v) is 15.6. The number of ether oxygens (including phenoxy) is 1. The van der Waals surface area contributed by atoms with Crippen LogP contribution in [0.5, 0.6) is 5.75 Å². The van der Waals surface area contributed by atoms with Gasteiger partial charge in [0.05, 0.1) is 11.6 Å². The summed E-state index contributed by atoms with van der Waals surface area (Å²) < 4.78 is 5.77. The molecule has 0 spiro atoms. The number of carbonyl (C=O) groups is 1. The molecule has 3 aromatic carbocycles. The molecule has 0 fully saturated rings. The maximum atomic E-state index is 12.4. The number of hydrogen-bond acceptors (Lipinski definition) is 4. The molecule has 3 rings (SSSR count). The van der Waals surface area contributed by atoms with Crippen LogP contribution in [0.3, 0.4) is 0 Å². The van der Waals surface area contributed by atoms with Crippen LogP contribution >= 0.6 is 0 Å². The molecule has 0 aliphatic heterocycles. The van der Waals surface area contributed by atoms with Crippen molar-refractivity contribution in [3.63, 3.8) is 0 Å². The Morgan fingerprint density at radius 3 is 2.46 bits per heavy atom. The van der Waals surface area contributed by atoms with E-state index in [1.807, 2.05) is 54.6 Å². The van der Waals surface area contributed by atoms with Crippen molar-refractivity contribution in [2.75, 3.05) is 10.6 Å². The fourth-order valence-electron chi connectivity index (χ4n) is 2.62. The normalized spacial score (nSPS) is 11.1. The average Bonchev–Trinajstić information content (AvgIpc) is 2.74. The molecule has 0 saturated heterocycles. The number of nitriles is 1. The third-order valence-electron chi connectivity index (χ3n) is 4.14. The van der Waals surface area contributed by atoms with Gasteiger partial charge in [0.25, 0.3) is 0 Å². The van der Waals surface area contributed by atoms with E-state index < -0.39 is 6.04 Å². The molecule has 0 saturated carbocycles. The molecule has 28 heavy (non-hydrogen) atoms. The zero-order valence-electron chi connectivity index (χ0n) is 15.6. The van der Waals surface area contributed by atoms with E-state index in [4.69, 9.17) is 10.00 Å². The maximum absolute atomic E-state index is 12.4. The molecule has 0 aliphatic rings. The Morgan fingerprint density at radius 2 is 1.75 bits per heavy atom. The first-order valence-electron chi connectivity index (χ1n) is 8.98. The highest BCUT2D eigenvalue weighted by molar-refractivity contribution is 5.96. The van der Waals surface area contributed by atoms with Crippen molar-refractivity contribution in [1.82, 2.24) is 0 Å². The van der Waals surface area contributed by atoms with Crippen LogP contribution in [0.4, 0.5) is 11.4 Å². The quantitative estimate of drug-likeness (QED) is 0.638. The minimum Gasteiger partial charge on any atom is -0.489 e. The lowest BCUT2D eigenvalue weighted by Gasteiger charge is -2.16. The summed E-state index contributed by atoms with van der Waals surface area (Å²) in [5.41, 5.74) is 3.03. The Kier molecular flexibility index (Phi) is 6.27. The van der Waals surface area contributed by atoms with Gasteiger partial charge in [0.1, 0.15) is 18.4 Å². The SMILES string of the molecule is CC(Nc1ccc(OCc2ccccc2)cc1)C(=O)Nc1cccc(C#N)c1. The Hall–Kier alpha value is -3.78. The summed E-state index contributed by atoms with van der Waals surface area (Å²) in [7, 11) is 0. The molecule has 5 nitrogen and oxygen atoms in total. The highest BCUT2D eigenvalue weighted by atomic mass is 16.5. The molecule has 1 amide bonds. The summed E-state index contributed by atoms with van der Waals surface area (Å²) in [6.45, 7) is 2.29. The molecule has 0 heterocycles. The summed E-state index contributed by atoms with van der Waals surface area (Å²) in [4.78, 5) is 12.4. The minimum atomic E-state index is -0.443. The van der Waals surface area contributed by atoms with Crippen LogP contribution in [0.2, 0.25) is 0 Å². The van der Waals surface area contributed by atoms with Gasteiger partial charge in [-0.15, -0.1) is 0 Å². The van der Waals surface area contributed by atoms with Crippen LogP contribution in [0, 0.1) is 11.3 Å². The molecule has 0 aliphatic carbocycles. The summed E-state index contributed by atoms with van der Waals surface area (Å²) in [5, 5.41) is 14.9. The average molecular weight is 371 g/mol. The van der Waals surface area contributed by atoms with E-state index in [0.29, 0.717) is 17.9 Å². The molecule has 0 bridgehead atoms. The van der Waals surface area contributed by atoms with E-state index >= 15 is 0 Å². The molecular formula is C23H21N3O2. The Balaban J connectivity index is 1.52. The second-order valence-corrected chi connectivity index (χ2v) is 6.35. The van der Waals surface area contributed by atoms with E-state index in [-0.39, 0.29) is 5.91 Å². The third-order valence-corrected chi connectivity index (χ3v) is 4.14. The fourth-order valence-corrected chi connectivity index (χ4v) is 2.62. The van der Waals surface area contributed by atoms with Crippen molar-refractivity contribution < 1.29 is 9.53 Å². The molecule has 0 radical (unpaired) electrons. The van der Waals surface area contributed by atoms with Crippen LogP contribution in [0.25, 0.3) is 0 Å². The third kappa shape index (κ3) is 5.36. The van der Waals surface area contributed by atoms with Crippen LogP contribution in [0.1, 0.15) is 18.1 Å².